The average Bonchev–Trinajstić information content (AvgIpc) is 2.54. The van der Waals surface area contributed by atoms with E-state index in [-0.39, 0.29) is 10.9 Å². The van der Waals surface area contributed by atoms with Crippen LogP contribution < -0.4 is 4.74 Å². The third-order valence-corrected chi connectivity index (χ3v) is 6.33. The number of benzene rings is 2. The van der Waals surface area contributed by atoms with Crippen LogP contribution in [-0.2, 0) is 10.0 Å². The number of methoxy groups -OCH3 is 1. The Morgan fingerprint density at radius 3 is 2.30 bits per heavy atom. The molecule has 6 heteroatoms. The molecular formula is C17H20BrNO3S. The Morgan fingerprint density at radius 2 is 1.74 bits per heavy atom. The quantitative estimate of drug-likeness (QED) is 0.760. The third-order valence-electron chi connectivity index (χ3n) is 3.89. The van der Waals surface area contributed by atoms with Crippen LogP contribution in [0, 0.1) is 6.92 Å². The van der Waals surface area contributed by atoms with E-state index in [1.807, 2.05) is 38.1 Å². The van der Waals surface area contributed by atoms with E-state index in [1.54, 1.807) is 25.2 Å². The highest BCUT2D eigenvalue weighted by molar-refractivity contribution is 9.10. The summed E-state index contributed by atoms with van der Waals surface area (Å²) in [4.78, 5) is 0.149. The summed E-state index contributed by atoms with van der Waals surface area (Å²) >= 11 is 3.32. The largest absolute Gasteiger partial charge is 0.495 e. The van der Waals surface area contributed by atoms with E-state index in [2.05, 4.69) is 15.9 Å². The van der Waals surface area contributed by atoms with Gasteiger partial charge in [-0.2, -0.15) is 4.31 Å². The summed E-state index contributed by atoms with van der Waals surface area (Å²) in [7, 11) is -0.636. The molecule has 0 heterocycles. The molecule has 1 atom stereocenters. The second-order valence-electron chi connectivity index (χ2n) is 5.40. The van der Waals surface area contributed by atoms with Crippen molar-refractivity contribution in [1.29, 1.82) is 0 Å². The van der Waals surface area contributed by atoms with Crippen LogP contribution in [-0.4, -0.2) is 26.9 Å². The van der Waals surface area contributed by atoms with Crippen LogP contribution in [0.4, 0.5) is 0 Å². The first kappa shape index (κ1) is 18.0. The minimum Gasteiger partial charge on any atom is -0.495 e. The molecule has 0 aliphatic carbocycles. The number of ether oxygens (including phenoxy) is 1. The van der Waals surface area contributed by atoms with E-state index in [4.69, 9.17) is 4.74 Å². The lowest BCUT2D eigenvalue weighted by molar-refractivity contribution is 0.382. The van der Waals surface area contributed by atoms with E-state index in [0.29, 0.717) is 10.2 Å². The van der Waals surface area contributed by atoms with Gasteiger partial charge in [0.2, 0.25) is 10.0 Å². The minimum absolute atomic E-state index is 0.149. The molecule has 0 aliphatic rings. The zero-order chi connectivity index (χ0) is 17.2. The van der Waals surface area contributed by atoms with Crippen molar-refractivity contribution >= 4 is 26.0 Å². The second-order valence-corrected chi connectivity index (χ2v) is 8.28. The predicted octanol–water partition coefficient (Wildman–Crippen LogP) is 4.15. The molecule has 2 rings (SSSR count). The molecule has 2 aromatic carbocycles. The molecule has 0 radical (unpaired) electrons. The summed E-state index contributed by atoms with van der Waals surface area (Å²) < 4.78 is 33.2. The number of rotatable bonds is 5. The first-order valence-corrected chi connectivity index (χ1v) is 9.39. The highest BCUT2D eigenvalue weighted by atomic mass is 79.9. The lowest BCUT2D eigenvalue weighted by Gasteiger charge is -2.25. The number of sulfonamides is 1. The second kappa shape index (κ2) is 7.03. The molecule has 0 aromatic heterocycles. The first-order chi connectivity index (χ1) is 10.8. The van der Waals surface area contributed by atoms with Gasteiger partial charge in [0, 0.05) is 17.6 Å². The fourth-order valence-electron chi connectivity index (χ4n) is 2.27. The standard InChI is InChI=1S/C17H20BrNO3S/c1-12-5-7-14(8-6-12)13(2)19(3)23(20,21)17-11-15(18)9-10-16(17)22-4/h5-11,13H,1-4H3. The van der Waals surface area contributed by atoms with Gasteiger partial charge in [-0.15, -0.1) is 0 Å². The van der Waals surface area contributed by atoms with Crippen LogP contribution in [0.1, 0.15) is 24.1 Å². The van der Waals surface area contributed by atoms with Crippen molar-refractivity contribution in [2.24, 2.45) is 0 Å². The monoisotopic (exact) mass is 397 g/mol. The van der Waals surface area contributed by atoms with E-state index in [0.717, 1.165) is 11.1 Å². The first-order valence-electron chi connectivity index (χ1n) is 7.15. The number of nitrogens with zero attached hydrogens (tertiary/aromatic N) is 1. The van der Waals surface area contributed by atoms with Gasteiger partial charge in [0.05, 0.1) is 7.11 Å². The summed E-state index contributed by atoms with van der Waals surface area (Å²) in [5.74, 6) is 0.330. The number of hydrogen-bond donors (Lipinski definition) is 0. The van der Waals surface area contributed by atoms with Crippen LogP contribution in [0.25, 0.3) is 0 Å². The fourth-order valence-corrected chi connectivity index (χ4v) is 4.31. The van der Waals surface area contributed by atoms with Crippen molar-refractivity contribution in [2.75, 3.05) is 14.2 Å². The summed E-state index contributed by atoms with van der Waals surface area (Å²) in [5.41, 5.74) is 2.08. The molecule has 0 N–H and O–H groups in total. The van der Waals surface area contributed by atoms with Crippen LogP contribution >= 0.6 is 15.9 Å². The normalized spacial score (nSPS) is 13.1. The zero-order valence-electron chi connectivity index (χ0n) is 13.6. The summed E-state index contributed by atoms with van der Waals surface area (Å²) in [6.07, 6.45) is 0. The van der Waals surface area contributed by atoms with Crippen molar-refractivity contribution in [2.45, 2.75) is 24.8 Å². The Balaban J connectivity index is 2.42. The Kier molecular flexibility index (Phi) is 5.49. The fraction of sp³-hybridized carbons (Fsp3) is 0.294. The smallest absolute Gasteiger partial charge is 0.247 e. The molecule has 2 aromatic rings. The SMILES string of the molecule is COc1ccc(Br)cc1S(=O)(=O)N(C)C(C)c1ccc(C)cc1. The molecule has 1 unspecified atom stereocenters. The van der Waals surface area contributed by atoms with Gasteiger partial charge < -0.3 is 4.74 Å². The number of hydrogen-bond acceptors (Lipinski definition) is 3. The summed E-state index contributed by atoms with van der Waals surface area (Å²) in [6, 6.07) is 12.5. The molecule has 124 valence electrons. The number of aryl methyl sites for hydroxylation is 1. The average molecular weight is 398 g/mol. The molecule has 0 bridgehead atoms. The van der Waals surface area contributed by atoms with Gasteiger partial charge in [0.15, 0.2) is 0 Å². The van der Waals surface area contributed by atoms with Gasteiger partial charge in [-0.25, -0.2) is 8.42 Å². The molecule has 0 saturated carbocycles. The van der Waals surface area contributed by atoms with Crippen molar-refractivity contribution in [3.63, 3.8) is 0 Å². The lowest BCUT2D eigenvalue weighted by Crippen LogP contribution is -2.30. The molecule has 0 amide bonds. The van der Waals surface area contributed by atoms with E-state index in [1.165, 1.54) is 11.4 Å². The van der Waals surface area contributed by atoms with Gasteiger partial charge in [0.1, 0.15) is 10.6 Å². The van der Waals surface area contributed by atoms with Crippen molar-refractivity contribution in [3.8, 4) is 5.75 Å². The molecule has 0 spiro atoms. The van der Waals surface area contributed by atoms with Crippen molar-refractivity contribution < 1.29 is 13.2 Å². The molecule has 4 nitrogen and oxygen atoms in total. The molecule has 0 saturated heterocycles. The van der Waals surface area contributed by atoms with Crippen molar-refractivity contribution in [3.05, 3.63) is 58.1 Å². The third kappa shape index (κ3) is 3.76. The Morgan fingerprint density at radius 1 is 1.13 bits per heavy atom. The van der Waals surface area contributed by atoms with E-state index < -0.39 is 10.0 Å². The van der Waals surface area contributed by atoms with Gasteiger partial charge in [-0.05, 0) is 37.6 Å². The van der Waals surface area contributed by atoms with Crippen molar-refractivity contribution in [1.82, 2.24) is 4.31 Å². The van der Waals surface area contributed by atoms with Crippen LogP contribution in [0.15, 0.2) is 51.8 Å². The van der Waals surface area contributed by atoms with E-state index in [9.17, 15) is 8.42 Å². The van der Waals surface area contributed by atoms with Crippen LogP contribution in [0.5, 0.6) is 5.75 Å². The Bertz CT molecular complexity index is 788. The predicted molar refractivity (Wildman–Crippen MR) is 95.2 cm³/mol. The summed E-state index contributed by atoms with van der Waals surface area (Å²) in [6.45, 7) is 3.87. The topological polar surface area (TPSA) is 46.6 Å². The van der Waals surface area contributed by atoms with E-state index >= 15 is 0 Å². The highest BCUT2D eigenvalue weighted by Gasteiger charge is 2.29. The maximum absolute atomic E-state index is 13.0. The van der Waals surface area contributed by atoms with Gasteiger partial charge in [0.25, 0.3) is 0 Å². The molecule has 0 aliphatic heterocycles. The maximum atomic E-state index is 13.0. The minimum atomic E-state index is -3.68. The van der Waals surface area contributed by atoms with Crippen LogP contribution in [0.3, 0.4) is 0 Å². The molecule has 23 heavy (non-hydrogen) atoms. The Labute approximate surface area is 146 Å². The van der Waals surface area contributed by atoms with Gasteiger partial charge >= 0.3 is 0 Å². The molecular weight excluding hydrogens is 378 g/mol. The lowest BCUT2D eigenvalue weighted by atomic mass is 10.1. The van der Waals surface area contributed by atoms with Crippen LogP contribution in [0.2, 0.25) is 0 Å². The highest BCUT2D eigenvalue weighted by Crippen LogP contribution is 2.32. The van der Waals surface area contributed by atoms with Gasteiger partial charge in [-0.1, -0.05) is 45.8 Å². The number of halogens is 1. The zero-order valence-corrected chi connectivity index (χ0v) is 16.0. The molecule has 0 fully saturated rings. The van der Waals surface area contributed by atoms with Gasteiger partial charge in [-0.3, -0.25) is 0 Å². The Hall–Kier alpha value is -1.37. The summed E-state index contributed by atoms with van der Waals surface area (Å²) in [5, 5.41) is 0. The maximum Gasteiger partial charge on any atom is 0.247 e.